The number of benzene rings is 1. The second-order valence-corrected chi connectivity index (χ2v) is 6.25. The highest BCUT2D eigenvalue weighted by Crippen LogP contribution is 2.41. The van der Waals surface area contributed by atoms with Gasteiger partial charge in [-0.1, -0.05) is 42.6 Å². The normalized spacial score (nSPS) is 17.9. The highest BCUT2D eigenvalue weighted by Gasteiger charge is 2.41. The summed E-state index contributed by atoms with van der Waals surface area (Å²) < 4.78 is 1.16. The second-order valence-electron chi connectivity index (χ2n) is 5.33. The molecular weight excluding hydrogens is 274 g/mol. The Kier molecular flexibility index (Phi) is 4.13. The molecule has 1 aliphatic heterocycles. The van der Waals surface area contributed by atoms with Crippen LogP contribution in [-0.2, 0) is 0 Å². The Morgan fingerprint density at radius 1 is 1.06 bits per heavy atom. The molecule has 0 aromatic heterocycles. The molecule has 0 aliphatic carbocycles. The molecule has 1 fully saturated rings. The Morgan fingerprint density at radius 2 is 1.59 bits per heavy atom. The summed E-state index contributed by atoms with van der Waals surface area (Å²) in [6.45, 7) is 7.10. The third-order valence-electron chi connectivity index (χ3n) is 3.80. The standard InChI is InChI=1S/C15H22BrN/c1-3-9-15(10-4-2)11-17(12-15)14-7-5-13(16)6-8-14/h5-8H,3-4,9-12H2,1-2H3. The zero-order valence-corrected chi connectivity index (χ0v) is 12.5. The SMILES string of the molecule is CCCC1(CCC)CN(c2ccc(Br)cc2)C1. The average Bonchev–Trinajstić information content (AvgIpc) is 2.27. The molecule has 17 heavy (non-hydrogen) atoms. The topological polar surface area (TPSA) is 3.24 Å². The summed E-state index contributed by atoms with van der Waals surface area (Å²) in [7, 11) is 0. The molecule has 0 bridgehead atoms. The Labute approximate surface area is 113 Å². The molecule has 0 atom stereocenters. The van der Waals surface area contributed by atoms with E-state index < -0.39 is 0 Å². The molecule has 1 aromatic rings. The molecule has 0 amide bonds. The van der Waals surface area contributed by atoms with Crippen LogP contribution in [0.4, 0.5) is 5.69 Å². The van der Waals surface area contributed by atoms with E-state index in [1.165, 1.54) is 44.5 Å². The third-order valence-corrected chi connectivity index (χ3v) is 4.33. The quantitative estimate of drug-likeness (QED) is 0.750. The fourth-order valence-corrected chi connectivity index (χ4v) is 3.36. The van der Waals surface area contributed by atoms with Crippen molar-refractivity contribution in [1.29, 1.82) is 0 Å². The highest BCUT2D eigenvalue weighted by molar-refractivity contribution is 9.10. The third kappa shape index (κ3) is 2.85. The van der Waals surface area contributed by atoms with Gasteiger partial charge in [-0.25, -0.2) is 0 Å². The summed E-state index contributed by atoms with van der Waals surface area (Å²) in [5.41, 5.74) is 1.98. The van der Waals surface area contributed by atoms with Gasteiger partial charge < -0.3 is 4.90 Å². The summed E-state index contributed by atoms with van der Waals surface area (Å²) in [6.07, 6.45) is 5.39. The zero-order chi connectivity index (χ0) is 12.3. The highest BCUT2D eigenvalue weighted by atomic mass is 79.9. The van der Waals surface area contributed by atoms with Crippen LogP contribution in [0.5, 0.6) is 0 Å². The summed E-state index contributed by atoms with van der Waals surface area (Å²) in [4.78, 5) is 2.51. The summed E-state index contributed by atoms with van der Waals surface area (Å²) in [5, 5.41) is 0. The molecule has 94 valence electrons. The van der Waals surface area contributed by atoms with E-state index in [2.05, 4.69) is 58.9 Å². The van der Waals surface area contributed by atoms with Crippen LogP contribution in [0.1, 0.15) is 39.5 Å². The van der Waals surface area contributed by atoms with Crippen LogP contribution in [-0.4, -0.2) is 13.1 Å². The van der Waals surface area contributed by atoms with Gasteiger partial charge in [0.2, 0.25) is 0 Å². The van der Waals surface area contributed by atoms with Crippen LogP contribution in [0.3, 0.4) is 0 Å². The lowest BCUT2D eigenvalue weighted by molar-refractivity contribution is 0.173. The van der Waals surface area contributed by atoms with E-state index in [4.69, 9.17) is 0 Å². The van der Waals surface area contributed by atoms with Crippen molar-refractivity contribution in [3.05, 3.63) is 28.7 Å². The summed E-state index contributed by atoms with van der Waals surface area (Å²) in [5.74, 6) is 0. The number of nitrogens with zero attached hydrogens (tertiary/aromatic N) is 1. The van der Waals surface area contributed by atoms with Crippen molar-refractivity contribution in [2.45, 2.75) is 39.5 Å². The fourth-order valence-electron chi connectivity index (χ4n) is 3.10. The largest absolute Gasteiger partial charge is 0.370 e. The van der Waals surface area contributed by atoms with Gasteiger partial charge in [-0.05, 0) is 37.1 Å². The second kappa shape index (κ2) is 5.43. The molecule has 2 rings (SSSR count). The van der Waals surface area contributed by atoms with Gasteiger partial charge >= 0.3 is 0 Å². The lowest BCUT2D eigenvalue weighted by atomic mass is 9.72. The first-order valence-corrected chi connectivity index (χ1v) is 7.49. The molecular formula is C15H22BrN. The molecule has 0 unspecified atom stereocenters. The lowest BCUT2D eigenvalue weighted by Gasteiger charge is -2.52. The maximum Gasteiger partial charge on any atom is 0.0367 e. The number of rotatable bonds is 5. The molecule has 1 heterocycles. The van der Waals surface area contributed by atoms with Crippen LogP contribution in [0, 0.1) is 5.41 Å². The molecule has 1 saturated heterocycles. The number of halogens is 1. The van der Waals surface area contributed by atoms with Crippen molar-refractivity contribution in [3.8, 4) is 0 Å². The van der Waals surface area contributed by atoms with Gasteiger partial charge in [-0.2, -0.15) is 0 Å². The van der Waals surface area contributed by atoms with Gasteiger partial charge in [0.1, 0.15) is 0 Å². The molecule has 1 aromatic carbocycles. The van der Waals surface area contributed by atoms with E-state index in [9.17, 15) is 0 Å². The van der Waals surface area contributed by atoms with Gasteiger partial charge in [0.05, 0.1) is 0 Å². The van der Waals surface area contributed by atoms with Gasteiger partial charge in [-0.15, -0.1) is 0 Å². The van der Waals surface area contributed by atoms with Crippen LogP contribution in [0.25, 0.3) is 0 Å². The molecule has 1 nitrogen and oxygen atoms in total. The summed E-state index contributed by atoms with van der Waals surface area (Å²) >= 11 is 3.49. The zero-order valence-electron chi connectivity index (χ0n) is 10.9. The average molecular weight is 296 g/mol. The molecule has 0 spiro atoms. The summed E-state index contributed by atoms with van der Waals surface area (Å²) in [6, 6.07) is 8.70. The Morgan fingerprint density at radius 3 is 2.06 bits per heavy atom. The van der Waals surface area contributed by atoms with Crippen LogP contribution < -0.4 is 4.90 Å². The number of anilines is 1. The Bertz CT molecular complexity index is 344. The van der Waals surface area contributed by atoms with Gasteiger partial charge in [-0.3, -0.25) is 0 Å². The van der Waals surface area contributed by atoms with Crippen LogP contribution in [0.15, 0.2) is 28.7 Å². The Balaban J connectivity index is 1.98. The van der Waals surface area contributed by atoms with E-state index in [1.807, 2.05) is 0 Å². The van der Waals surface area contributed by atoms with Crippen LogP contribution >= 0.6 is 15.9 Å². The Hall–Kier alpha value is -0.500. The minimum atomic E-state index is 0.608. The van der Waals surface area contributed by atoms with Crippen molar-refractivity contribution in [2.24, 2.45) is 5.41 Å². The first-order chi connectivity index (χ1) is 8.19. The van der Waals surface area contributed by atoms with E-state index in [1.54, 1.807) is 0 Å². The number of hydrogen-bond acceptors (Lipinski definition) is 1. The molecule has 2 heteroatoms. The van der Waals surface area contributed by atoms with Crippen molar-refractivity contribution in [3.63, 3.8) is 0 Å². The van der Waals surface area contributed by atoms with Crippen LogP contribution in [0.2, 0.25) is 0 Å². The van der Waals surface area contributed by atoms with E-state index in [-0.39, 0.29) is 0 Å². The predicted molar refractivity (Wildman–Crippen MR) is 78.6 cm³/mol. The fraction of sp³-hybridized carbons (Fsp3) is 0.600. The first kappa shape index (κ1) is 12.9. The van der Waals surface area contributed by atoms with Crippen molar-refractivity contribution in [1.82, 2.24) is 0 Å². The van der Waals surface area contributed by atoms with E-state index in [0.717, 1.165) is 4.47 Å². The first-order valence-electron chi connectivity index (χ1n) is 6.69. The maximum atomic E-state index is 3.49. The van der Waals surface area contributed by atoms with Crippen molar-refractivity contribution >= 4 is 21.6 Å². The molecule has 0 saturated carbocycles. The van der Waals surface area contributed by atoms with Gasteiger partial charge in [0.25, 0.3) is 0 Å². The van der Waals surface area contributed by atoms with Crippen molar-refractivity contribution in [2.75, 3.05) is 18.0 Å². The molecule has 1 aliphatic rings. The number of hydrogen-bond donors (Lipinski definition) is 0. The smallest absolute Gasteiger partial charge is 0.0367 e. The molecule has 0 radical (unpaired) electrons. The minimum Gasteiger partial charge on any atom is -0.370 e. The maximum absolute atomic E-state index is 3.49. The van der Waals surface area contributed by atoms with E-state index in [0.29, 0.717) is 5.41 Å². The van der Waals surface area contributed by atoms with E-state index >= 15 is 0 Å². The predicted octanol–water partition coefficient (Wildman–Crippen LogP) is 4.86. The monoisotopic (exact) mass is 295 g/mol. The van der Waals surface area contributed by atoms with Gasteiger partial charge in [0, 0.05) is 28.7 Å². The minimum absolute atomic E-state index is 0.608. The molecule has 0 N–H and O–H groups in total. The lowest BCUT2D eigenvalue weighted by Crippen LogP contribution is -2.56. The van der Waals surface area contributed by atoms with Crippen molar-refractivity contribution < 1.29 is 0 Å². The van der Waals surface area contributed by atoms with Gasteiger partial charge in [0.15, 0.2) is 0 Å².